The van der Waals surface area contributed by atoms with Gasteiger partial charge in [0.25, 0.3) is 0 Å². The SMILES string of the molecule is COC(=O)c1cnc(C2Cc3ccccc32)s1. The molecule has 86 valence electrons. The van der Waals surface area contributed by atoms with Crippen LogP contribution in [0.25, 0.3) is 0 Å². The van der Waals surface area contributed by atoms with Gasteiger partial charge < -0.3 is 4.74 Å². The maximum atomic E-state index is 11.3. The molecule has 1 aliphatic carbocycles. The molecule has 2 aromatic rings. The van der Waals surface area contributed by atoms with Crippen molar-refractivity contribution >= 4 is 17.3 Å². The Morgan fingerprint density at radius 2 is 2.29 bits per heavy atom. The van der Waals surface area contributed by atoms with Crippen molar-refractivity contribution in [2.24, 2.45) is 0 Å². The fraction of sp³-hybridized carbons (Fsp3) is 0.231. The predicted octanol–water partition coefficient (Wildman–Crippen LogP) is 2.62. The number of methoxy groups -OCH3 is 1. The summed E-state index contributed by atoms with van der Waals surface area (Å²) >= 11 is 1.43. The number of hydrogen-bond donors (Lipinski definition) is 0. The average molecular weight is 245 g/mol. The zero-order chi connectivity index (χ0) is 11.8. The van der Waals surface area contributed by atoms with Crippen LogP contribution in [0.2, 0.25) is 0 Å². The van der Waals surface area contributed by atoms with Gasteiger partial charge in [-0.25, -0.2) is 9.78 Å². The van der Waals surface area contributed by atoms with E-state index < -0.39 is 0 Å². The molecule has 0 aliphatic heterocycles. The van der Waals surface area contributed by atoms with Crippen LogP contribution in [-0.2, 0) is 11.2 Å². The molecular weight excluding hydrogens is 234 g/mol. The van der Waals surface area contributed by atoms with Gasteiger partial charge in [0.15, 0.2) is 0 Å². The molecule has 0 spiro atoms. The summed E-state index contributed by atoms with van der Waals surface area (Å²) in [5.74, 6) is 0.0518. The van der Waals surface area contributed by atoms with Gasteiger partial charge in [-0.2, -0.15) is 0 Å². The molecule has 3 nitrogen and oxygen atoms in total. The quantitative estimate of drug-likeness (QED) is 0.763. The third kappa shape index (κ3) is 1.65. The summed E-state index contributed by atoms with van der Waals surface area (Å²) in [6.07, 6.45) is 2.62. The van der Waals surface area contributed by atoms with E-state index >= 15 is 0 Å². The number of nitrogens with zero attached hydrogens (tertiary/aromatic N) is 1. The molecular formula is C13H11NO2S. The van der Waals surface area contributed by atoms with Gasteiger partial charge in [-0.1, -0.05) is 24.3 Å². The lowest BCUT2D eigenvalue weighted by Gasteiger charge is -2.28. The lowest BCUT2D eigenvalue weighted by molar-refractivity contribution is 0.0606. The van der Waals surface area contributed by atoms with Crippen molar-refractivity contribution in [1.82, 2.24) is 4.98 Å². The predicted molar refractivity (Wildman–Crippen MR) is 65.4 cm³/mol. The van der Waals surface area contributed by atoms with Crippen molar-refractivity contribution in [3.63, 3.8) is 0 Å². The molecule has 1 heterocycles. The van der Waals surface area contributed by atoms with Crippen LogP contribution in [0, 0.1) is 0 Å². The third-order valence-corrected chi connectivity index (χ3v) is 4.15. The van der Waals surface area contributed by atoms with E-state index in [1.165, 1.54) is 29.6 Å². The maximum absolute atomic E-state index is 11.3. The molecule has 0 fully saturated rings. The first-order chi connectivity index (χ1) is 8.29. The fourth-order valence-electron chi connectivity index (χ4n) is 2.12. The van der Waals surface area contributed by atoms with Crippen LogP contribution in [0.4, 0.5) is 0 Å². The van der Waals surface area contributed by atoms with E-state index in [2.05, 4.69) is 27.9 Å². The number of thiazole rings is 1. The average Bonchev–Trinajstić information content (AvgIpc) is 2.79. The van der Waals surface area contributed by atoms with Gasteiger partial charge in [0.2, 0.25) is 0 Å². The second kappa shape index (κ2) is 3.96. The van der Waals surface area contributed by atoms with Gasteiger partial charge >= 0.3 is 5.97 Å². The lowest BCUT2D eigenvalue weighted by atomic mass is 9.78. The normalized spacial score (nSPS) is 17.1. The van der Waals surface area contributed by atoms with E-state index in [1.807, 2.05) is 6.07 Å². The van der Waals surface area contributed by atoms with E-state index in [0.29, 0.717) is 10.8 Å². The second-order valence-corrected chi connectivity index (χ2v) is 5.07. The molecule has 1 unspecified atom stereocenters. The Hall–Kier alpha value is -1.68. The van der Waals surface area contributed by atoms with E-state index in [0.717, 1.165) is 11.4 Å². The van der Waals surface area contributed by atoms with Crippen LogP contribution in [0.1, 0.15) is 31.7 Å². The standard InChI is InChI=1S/C13H11NO2S/c1-16-13(15)11-7-14-12(17-11)10-6-8-4-2-3-5-9(8)10/h2-5,7,10H,6H2,1H3. The lowest BCUT2D eigenvalue weighted by Crippen LogP contribution is -2.17. The summed E-state index contributed by atoms with van der Waals surface area (Å²) in [5.41, 5.74) is 2.71. The molecule has 1 atom stereocenters. The maximum Gasteiger partial charge on any atom is 0.349 e. The topological polar surface area (TPSA) is 39.2 Å². The Morgan fingerprint density at radius 3 is 3.06 bits per heavy atom. The van der Waals surface area contributed by atoms with Crippen LogP contribution in [-0.4, -0.2) is 18.1 Å². The Labute approximate surface area is 103 Å². The van der Waals surface area contributed by atoms with Gasteiger partial charge in [-0.15, -0.1) is 11.3 Å². The minimum Gasteiger partial charge on any atom is -0.465 e. The number of fused-ring (bicyclic) bond motifs is 1. The molecule has 3 rings (SSSR count). The molecule has 1 aromatic heterocycles. The number of carbonyl (C=O) groups excluding carboxylic acids is 1. The smallest absolute Gasteiger partial charge is 0.349 e. The molecule has 1 aromatic carbocycles. The van der Waals surface area contributed by atoms with Crippen molar-refractivity contribution < 1.29 is 9.53 Å². The molecule has 0 bridgehead atoms. The first kappa shape index (κ1) is 10.5. The largest absolute Gasteiger partial charge is 0.465 e. The number of aromatic nitrogens is 1. The van der Waals surface area contributed by atoms with Crippen LogP contribution in [0.5, 0.6) is 0 Å². The van der Waals surface area contributed by atoms with Gasteiger partial charge in [0, 0.05) is 5.92 Å². The molecule has 0 N–H and O–H groups in total. The minimum absolute atomic E-state index is 0.304. The summed E-state index contributed by atoms with van der Waals surface area (Å²) in [7, 11) is 1.39. The number of benzene rings is 1. The molecule has 0 saturated carbocycles. The minimum atomic E-state index is -0.304. The summed E-state index contributed by atoms with van der Waals surface area (Å²) in [6, 6.07) is 8.36. The highest BCUT2D eigenvalue weighted by atomic mass is 32.1. The van der Waals surface area contributed by atoms with Crippen molar-refractivity contribution in [3.8, 4) is 0 Å². The van der Waals surface area contributed by atoms with Crippen molar-refractivity contribution in [3.05, 3.63) is 51.5 Å². The number of rotatable bonds is 2. The molecule has 1 aliphatic rings. The monoisotopic (exact) mass is 245 g/mol. The summed E-state index contributed by atoms with van der Waals surface area (Å²) in [6.45, 7) is 0. The number of hydrogen-bond acceptors (Lipinski definition) is 4. The molecule has 0 radical (unpaired) electrons. The van der Waals surface area contributed by atoms with Gasteiger partial charge in [-0.3, -0.25) is 0 Å². The Bertz CT molecular complexity index is 576. The van der Waals surface area contributed by atoms with Crippen LogP contribution < -0.4 is 0 Å². The molecule has 0 amide bonds. The zero-order valence-electron chi connectivity index (χ0n) is 9.34. The van der Waals surface area contributed by atoms with Gasteiger partial charge in [0.1, 0.15) is 9.88 Å². The third-order valence-electron chi connectivity index (χ3n) is 3.06. The van der Waals surface area contributed by atoms with Crippen molar-refractivity contribution in [2.45, 2.75) is 12.3 Å². The second-order valence-electron chi connectivity index (χ2n) is 4.01. The van der Waals surface area contributed by atoms with Crippen LogP contribution in [0.15, 0.2) is 30.5 Å². The summed E-state index contributed by atoms with van der Waals surface area (Å²) in [5, 5.41) is 1.00. The summed E-state index contributed by atoms with van der Waals surface area (Å²) < 4.78 is 4.68. The molecule has 17 heavy (non-hydrogen) atoms. The first-order valence-electron chi connectivity index (χ1n) is 5.41. The Kier molecular flexibility index (Phi) is 2.44. The first-order valence-corrected chi connectivity index (χ1v) is 6.23. The fourth-order valence-corrected chi connectivity index (χ4v) is 3.08. The zero-order valence-corrected chi connectivity index (χ0v) is 10.2. The highest BCUT2D eigenvalue weighted by Gasteiger charge is 2.29. The van der Waals surface area contributed by atoms with E-state index in [9.17, 15) is 4.79 Å². The summed E-state index contributed by atoms with van der Waals surface area (Å²) in [4.78, 5) is 16.2. The highest BCUT2D eigenvalue weighted by Crippen LogP contribution is 2.41. The Morgan fingerprint density at radius 1 is 1.47 bits per heavy atom. The van der Waals surface area contributed by atoms with E-state index in [-0.39, 0.29) is 5.97 Å². The highest BCUT2D eigenvalue weighted by molar-refractivity contribution is 7.13. The van der Waals surface area contributed by atoms with Gasteiger partial charge in [0.05, 0.1) is 13.3 Å². The number of carbonyl (C=O) groups is 1. The molecule has 4 heteroatoms. The van der Waals surface area contributed by atoms with Crippen molar-refractivity contribution in [2.75, 3.05) is 7.11 Å². The van der Waals surface area contributed by atoms with E-state index in [4.69, 9.17) is 0 Å². The van der Waals surface area contributed by atoms with Crippen molar-refractivity contribution in [1.29, 1.82) is 0 Å². The number of esters is 1. The van der Waals surface area contributed by atoms with Crippen LogP contribution >= 0.6 is 11.3 Å². The Balaban J connectivity index is 1.88. The number of ether oxygens (including phenoxy) is 1. The van der Waals surface area contributed by atoms with Gasteiger partial charge in [-0.05, 0) is 17.5 Å². The van der Waals surface area contributed by atoms with Crippen LogP contribution in [0.3, 0.4) is 0 Å². The van der Waals surface area contributed by atoms with E-state index in [1.54, 1.807) is 6.20 Å². The molecule has 0 saturated heterocycles.